The molecular formula is C25H29BrN2O3S. The van der Waals surface area contributed by atoms with Crippen molar-refractivity contribution < 1.29 is 13.2 Å². The molecule has 170 valence electrons. The topological polar surface area (TPSA) is 66.5 Å². The van der Waals surface area contributed by atoms with Crippen LogP contribution in [0.5, 0.6) is 0 Å². The molecule has 0 unspecified atom stereocenters. The molecule has 1 N–H and O–H groups in total. The standard InChI is InChI=1S/C25H29BrN2O3S/c26-21-10-12-22(13-11-21)32(30,31)28-17-15-20-8-4-5-9-23(20)24(28)18-25(29)27-16-14-19-6-2-1-3-7-19/h4-6,8-13,24H,1-3,7,14-18H2,(H,27,29)/t24-/m0/s1. The molecule has 1 heterocycles. The molecule has 0 aromatic heterocycles. The molecule has 4 rings (SSSR count). The highest BCUT2D eigenvalue weighted by atomic mass is 79.9. The van der Waals surface area contributed by atoms with E-state index in [9.17, 15) is 13.2 Å². The molecule has 0 fully saturated rings. The van der Waals surface area contributed by atoms with Gasteiger partial charge in [0.05, 0.1) is 10.9 Å². The average Bonchev–Trinajstić information content (AvgIpc) is 2.80. The zero-order valence-electron chi connectivity index (χ0n) is 18.1. The van der Waals surface area contributed by atoms with Crippen molar-refractivity contribution in [2.45, 2.75) is 55.9 Å². The van der Waals surface area contributed by atoms with Crippen LogP contribution in [0.3, 0.4) is 0 Å². The van der Waals surface area contributed by atoms with E-state index >= 15 is 0 Å². The summed E-state index contributed by atoms with van der Waals surface area (Å²) in [6.07, 6.45) is 8.63. The third kappa shape index (κ3) is 5.33. The number of allylic oxidation sites excluding steroid dienone is 1. The van der Waals surface area contributed by atoms with E-state index < -0.39 is 16.1 Å². The fourth-order valence-corrected chi connectivity index (χ4v) is 6.48. The van der Waals surface area contributed by atoms with Crippen LogP contribution in [0.15, 0.2) is 69.5 Å². The zero-order valence-corrected chi connectivity index (χ0v) is 20.5. The maximum absolute atomic E-state index is 13.5. The number of carbonyl (C=O) groups excluding carboxylic acids is 1. The molecule has 0 bridgehead atoms. The lowest BCUT2D eigenvalue weighted by atomic mass is 9.92. The van der Waals surface area contributed by atoms with Crippen molar-refractivity contribution in [2.75, 3.05) is 13.1 Å². The molecule has 2 aliphatic rings. The minimum absolute atomic E-state index is 0.112. The Hall–Kier alpha value is -1.96. The van der Waals surface area contributed by atoms with Gasteiger partial charge in [-0.2, -0.15) is 4.31 Å². The number of rotatable bonds is 7. The van der Waals surface area contributed by atoms with E-state index in [0.29, 0.717) is 19.5 Å². The molecule has 0 radical (unpaired) electrons. The quantitative estimate of drug-likeness (QED) is 0.518. The molecule has 2 aromatic carbocycles. The smallest absolute Gasteiger partial charge is 0.243 e. The predicted molar refractivity (Wildman–Crippen MR) is 130 cm³/mol. The number of nitrogens with one attached hydrogen (secondary N) is 1. The van der Waals surface area contributed by atoms with E-state index in [1.54, 1.807) is 24.3 Å². The summed E-state index contributed by atoms with van der Waals surface area (Å²) in [6.45, 7) is 0.957. The molecule has 1 amide bonds. The second-order valence-electron chi connectivity index (χ2n) is 8.45. The summed E-state index contributed by atoms with van der Waals surface area (Å²) >= 11 is 3.36. The minimum Gasteiger partial charge on any atom is -0.356 e. The van der Waals surface area contributed by atoms with E-state index in [1.165, 1.54) is 22.7 Å². The summed E-state index contributed by atoms with van der Waals surface area (Å²) < 4.78 is 29.3. The summed E-state index contributed by atoms with van der Waals surface area (Å²) in [7, 11) is -3.73. The first kappa shape index (κ1) is 23.2. The van der Waals surface area contributed by atoms with Crippen molar-refractivity contribution in [3.63, 3.8) is 0 Å². The average molecular weight is 517 g/mol. The number of amides is 1. The Morgan fingerprint density at radius 1 is 1.06 bits per heavy atom. The number of fused-ring (bicyclic) bond motifs is 1. The number of sulfonamides is 1. The van der Waals surface area contributed by atoms with Gasteiger partial charge in [-0.1, -0.05) is 51.8 Å². The van der Waals surface area contributed by atoms with Gasteiger partial charge < -0.3 is 5.32 Å². The zero-order chi connectivity index (χ0) is 22.6. The monoisotopic (exact) mass is 516 g/mol. The molecular weight excluding hydrogens is 488 g/mol. The normalized spacial score (nSPS) is 19.2. The highest BCUT2D eigenvalue weighted by Gasteiger charge is 2.37. The number of carbonyl (C=O) groups is 1. The van der Waals surface area contributed by atoms with E-state index in [0.717, 1.165) is 34.9 Å². The Labute approximate surface area is 199 Å². The molecule has 32 heavy (non-hydrogen) atoms. The van der Waals surface area contributed by atoms with Crippen LogP contribution in [0.4, 0.5) is 0 Å². The SMILES string of the molecule is O=C(C[C@H]1c2ccccc2CCN1S(=O)(=O)c1ccc(Br)cc1)NCCC1=CCCCC1. The number of nitrogens with zero attached hydrogens (tertiary/aromatic N) is 1. The van der Waals surface area contributed by atoms with Crippen LogP contribution in [0.2, 0.25) is 0 Å². The maximum atomic E-state index is 13.5. The lowest BCUT2D eigenvalue weighted by molar-refractivity contribution is -0.122. The molecule has 1 atom stereocenters. The van der Waals surface area contributed by atoms with E-state index in [2.05, 4.69) is 27.3 Å². The van der Waals surface area contributed by atoms with Gasteiger partial charge in [0, 0.05) is 24.0 Å². The van der Waals surface area contributed by atoms with Crippen LogP contribution in [0, 0.1) is 0 Å². The molecule has 1 aliphatic carbocycles. The van der Waals surface area contributed by atoms with Crippen LogP contribution in [-0.4, -0.2) is 31.7 Å². The Balaban J connectivity index is 1.52. The Kier molecular flexibility index (Phi) is 7.48. The maximum Gasteiger partial charge on any atom is 0.243 e. The van der Waals surface area contributed by atoms with Gasteiger partial charge in [0.15, 0.2) is 0 Å². The van der Waals surface area contributed by atoms with E-state index in [1.807, 2.05) is 24.3 Å². The predicted octanol–water partition coefficient (Wildman–Crippen LogP) is 5.13. The van der Waals surface area contributed by atoms with Crippen LogP contribution >= 0.6 is 15.9 Å². The lowest BCUT2D eigenvalue weighted by Crippen LogP contribution is -2.42. The number of halogens is 1. The third-order valence-corrected chi connectivity index (χ3v) is 8.77. The largest absolute Gasteiger partial charge is 0.356 e. The van der Waals surface area contributed by atoms with Gasteiger partial charge in [0.1, 0.15) is 0 Å². The van der Waals surface area contributed by atoms with Gasteiger partial charge in [-0.15, -0.1) is 0 Å². The number of benzene rings is 2. The van der Waals surface area contributed by atoms with Crippen molar-refractivity contribution >= 4 is 31.9 Å². The molecule has 0 spiro atoms. The van der Waals surface area contributed by atoms with Gasteiger partial charge in [-0.05, 0) is 73.9 Å². The second-order valence-corrected chi connectivity index (χ2v) is 11.3. The summed E-state index contributed by atoms with van der Waals surface area (Å²) in [5.74, 6) is -0.112. The third-order valence-electron chi connectivity index (χ3n) is 6.32. The number of hydrogen-bond donors (Lipinski definition) is 1. The first-order valence-corrected chi connectivity index (χ1v) is 13.5. The Morgan fingerprint density at radius 3 is 2.59 bits per heavy atom. The highest BCUT2D eigenvalue weighted by molar-refractivity contribution is 9.10. The van der Waals surface area contributed by atoms with Crippen LogP contribution in [0.1, 0.15) is 55.7 Å². The first-order chi connectivity index (χ1) is 15.4. The van der Waals surface area contributed by atoms with Gasteiger partial charge in [-0.3, -0.25) is 4.79 Å². The first-order valence-electron chi connectivity index (χ1n) is 11.2. The molecule has 5 nitrogen and oxygen atoms in total. The summed E-state index contributed by atoms with van der Waals surface area (Å²) in [4.78, 5) is 13.1. The molecule has 0 saturated carbocycles. The van der Waals surface area contributed by atoms with Gasteiger partial charge in [0.25, 0.3) is 0 Å². The number of hydrogen-bond acceptors (Lipinski definition) is 3. The van der Waals surface area contributed by atoms with Crippen molar-refractivity contribution in [1.82, 2.24) is 9.62 Å². The fraction of sp³-hybridized carbons (Fsp3) is 0.400. The molecule has 7 heteroatoms. The van der Waals surface area contributed by atoms with Crippen molar-refractivity contribution in [2.24, 2.45) is 0 Å². The lowest BCUT2D eigenvalue weighted by Gasteiger charge is -2.36. The molecule has 1 aliphatic heterocycles. The Morgan fingerprint density at radius 2 is 1.84 bits per heavy atom. The van der Waals surface area contributed by atoms with Crippen molar-refractivity contribution in [3.05, 3.63) is 75.8 Å². The molecule has 2 aromatic rings. The Bertz CT molecular complexity index is 1100. The fourth-order valence-electron chi connectivity index (χ4n) is 4.61. The van der Waals surface area contributed by atoms with Crippen LogP contribution in [0.25, 0.3) is 0 Å². The summed E-state index contributed by atoms with van der Waals surface area (Å²) in [5, 5.41) is 3.02. The summed E-state index contributed by atoms with van der Waals surface area (Å²) in [5.41, 5.74) is 3.45. The summed E-state index contributed by atoms with van der Waals surface area (Å²) in [6, 6.07) is 14.0. The molecule has 0 saturated heterocycles. The van der Waals surface area contributed by atoms with Crippen molar-refractivity contribution in [3.8, 4) is 0 Å². The van der Waals surface area contributed by atoms with Crippen molar-refractivity contribution in [1.29, 1.82) is 0 Å². The van der Waals surface area contributed by atoms with Gasteiger partial charge >= 0.3 is 0 Å². The van der Waals surface area contributed by atoms with Gasteiger partial charge in [-0.25, -0.2) is 8.42 Å². The highest BCUT2D eigenvalue weighted by Crippen LogP contribution is 2.36. The van der Waals surface area contributed by atoms with Crippen LogP contribution in [-0.2, 0) is 21.2 Å². The van der Waals surface area contributed by atoms with E-state index in [4.69, 9.17) is 0 Å². The van der Waals surface area contributed by atoms with Crippen LogP contribution < -0.4 is 5.32 Å². The minimum atomic E-state index is -3.73. The van der Waals surface area contributed by atoms with E-state index in [-0.39, 0.29) is 17.2 Å². The second kappa shape index (κ2) is 10.3. The van der Waals surface area contributed by atoms with Gasteiger partial charge in [0.2, 0.25) is 15.9 Å².